The minimum absolute atomic E-state index is 0.0961. The van der Waals surface area contributed by atoms with Gasteiger partial charge in [0.2, 0.25) is 0 Å². The van der Waals surface area contributed by atoms with Crippen molar-refractivity contribution < 1.29 is 4.74 Å². The monoisotopic (exact) mass is 409 g/mol. The van der Waals surface area contributed by atoms with Crippen molar-refractivity contribution in [2.75, 3.05) is 0 Å². The molecule has 0 N–H and O–H groups in total. The van der Waals surface area contributed by atoms with Crippen LogP contribution in [0.1, 0.15) is 47.1 Å². The summed E-state index contributed by atoms with van der Waals surface area (Å²) < 4.78 is 6.17. The van der Waals surface area contributed by atoms with Gasteiger partial charge in [-0.3, -0.25) is 0 Å². The molecule has 1 aromatic carbocycles. The zero-order valence-electron chi connectivity index (χ0n) is 18.9. The lowest BCUT2D eigenvalue weighted by Crippen LogP contribution is -2.21. The molecule has 4 nitrogen and oxygen atoms in total. The van der Waals surface area contributed by atoms with Crippen molar-refractivity contribution in [3.05, 3.63) is 88.4 Å². The molecule has 0 unspecified atom stereocenters. The molecule has 0 spiro atoms. The maximum absolute atomic E-state index is 9.83. The van der Waals surface area contributed by atoms with Gasteiger partial charge in [0.15, 0.2) is 0 Å². The molecule has 156 valence electrons. The lowest BCUT2D eigenvalue weighted by molar-refractivity contribution is 0.161. The molecule has 2 rings (SSSR count). The summed E-state index contributed by atoms with van der Waals surface area (Å²) in [5.41, 5.74) is 1.65. The van der Waals surface area contributed by atoms with Gasteiger partial charge in [0.25, 0.3) is 0 Å². The van der Waals surface area contributed by atoms with E-state index in [1.54, 1.807) is 18.2 Å². The Labute approximate surface area is 185 Å². The van der Waals surface area contributed by atoms with E-state index in [1.807, 2.05) is 48.6 Å². The number of benzene rings is 1. The van der Waals surface area contributed by atoms with Crippen LogP contribution in [0.25, 0.3) is 5.57 Å². The van der Waals surface area contributed by atoms with Gasteiger partial charge >= 0.3 is 0 Å². The molecule has 1 aliphatic rings. The van der Waals surface area contributed by atoms with Crippen LogP contribution in [0.5, 0.6) is 0 Å². The summed E-state index contributed by atoms with van der Waals surface area (Å²) in [7, 11) is 0. The zero-order chi connectivity index (χ0) is 23.2. The van der Waals surface area contributed by atoms with Crippen molar-refractivity contribution >= 4 is 5.57 Å². The summed E-state index contributed by atoms with van der Waals surface area (Å²) in [6.07, 6.45) is 7.41. The third-order valence-electron chi connectivity index (χ3n) is 4.66. The van der Waals surface area contributed by atoms with E-state index < -0.39 is 0 Å². The molecule has 0 saturated heterocycles. The van der Waals surface area contributed by atoms with Crippen LogP contribution >= 0.6 is 0 Å². The molecule has 1 aromatic rings. The van der Waals surface area contributed by atoms with E-state index in [4.69, 9.17) is 4.74 Å². The molecule has 4 heteroatoms. The molecule has 0 amide bonds. The van der Waals surface area contributed by atoms with Crippen molar-refractivity contribution in [2.24, 2.45) is 10.8 Å². The quantitative estimate of drug-likeness (QED) is 0.408. The number of rotatable bonds is 3. The van der Waals surface area contributed by atoms with Gasteiger partial charge in [0.05, 0.1) is 11.6 Å². The van der Waals surface area contributed by atoms with Crippen molar-refractivity contribution in [3.8, 4) is 18.2 Å². The lowest BCUT2D eigenvalue weighted by Gasteiger charge is -2.32. The summed E-state index contributed by atoms with van der Waals surface area (Å²) in [5.74, 6) is 1.68. The van der Waals surface area contributed by atoms with Crippen LogP contribution in [0.3, 0.4) is 0 Å². The van der Waals surface area contributed by atoms with Gasteiger partial charge in [-0.05, 0) is 29.4 Å². The Balaban J connectivity index is 2.67. The Morgan fingerprint density at radius 2 is 1.32 bits per heavy atom. The smallest absolute Gasteiger partial charge is 0.138 e. The minimum atomic E-state index is -0.185. The van der Waals surface area contributed by atoms with Gasteiger partial charge in [-0.2, -0.15) is 15.8 Å². The second-order valence-corrected chi connectivity index (χ2v) is 9.32. The topological polar surface area (TPSA) is 80.6 Å². The number of nitriles is 3. The van der Waals surface area contributed by atoms with E-state index in [2.05, 4.69) is 47.6 Å². The van der Waals surface area contributed by atoms with Crippen molar-refractivity contribution in [3.63, 3.8) is 0 Å². The molecule has 0 bridgehead atoms. The molecular weight excluding hydrogens is 382 g/mol. The summed E-state index contributed by atoms with van der Waals surface area (Å²) in [5, 5.41) is 28.7. The highest BCUT2D eigenvalue weighted by atomic mass is 16.5. The largest absolute Gasteiger partial charge is 0.465 e. The SMILES string of the molecule is CC(C)(C)C1=CC(=C/C=C(\C#N)C(=C(C#N)C#N)c2ccccc2)C=C(C(C)(C)C)O1. The summed E-state index contributed by atoms with van der Waals surface area (Å²) in [4.78, 5) is 0. The minimum Gasteiger partial charge on any atom is -0.465 e. The van der Waals surface area contributed by atoms with Gasteiger partial charge in [-0.15, -0.1) is 0 Å². The van der Waals surface area contributed by atoms with E-state index >= 15 is 0 Å². The van der Waals surface area contributed by atoms with Crippen LogP contribution in [-0.4, -0.2) is 0 Å². The second-order valence-electron chi connectivity index (χ2n) is 9.32. The molecule has 0 atom stereocenters. The maximum atomic E-state index is 9.83. The van der Waals surface area contributed by atoms with E-state index in [0.717, 1.165) is 17.1 Å². The summed E-state index contributed by atoms with van der Waals surface area (Å²) in [6.45, 7) is 12.5. The van der Waals surface area contributed by atoms with Gasteiger partial charge < -0.3 is 4.74 Å². The van der Waals surface area contributed by atoms with Gasteiger partial charge in [-0.25, -0.2) is 0 Å². The molecular formula is C27H27N3O. The molecule has 31 heavy (non-hydrogen) atoms. The lowest BCUT2D eigenvalue weighted by atomic mass is 9.87. The molecule has 0 aliphatic carbocycles. The van der Waals surface area contributed by atoms with Gasteiger partial charge in [0, 0.05) is 16.4 Å². The Morgan fingerprint density at radius 1 is 0.806 bits per heavy atom. The number of ether oxygens (including phenoxy) is 1. The highest BCUT2D eigenvalue weighted by Gasteiger charge is 2.28. The van der Waals surface area contributed by atoms with Gasteiger partial charge in [0.1, 0.15) is 29.2 Å². The average molecular weight is 410 g/mol. The van der Waals surface area contributed by atoms with E-state index in [0.29, 0.717) is 11.1 Å². The Bertz CT molecular complexity index is 1080. The predicted octanol–water partition coefficient (Wildman–Crippen LogP) is 6.75. The van der Waals surface area contributed by atoms with E-state index in [1.165, 1.54) is 0 Å². The molecule has 1 aliphatic heterocycles. The van der Waals surface area contributed by atoms with Crippen molar-refractivity contribution in [2.45, 2.75) is 41.5 Å². The predicted molar refractivity (Wildman–Crippen MR) is 123 cm³/mol. The Morgan fingerprint density at radius 3 is 1.74 bits per heavy atom. The van der Waals surface area contributed by atoms with Crippen LogP contribution in [0.2, 0.25) is 0 Å². The van der Waals surface area contributed by atoms with Crippen LogP contribution < -0.4 is 0 Å². The highest BCUT2D eigenvalue weighted by molar-refractivity contribution is 5.89. The summed E-state index contributed by atoms with van der Waals surface area (Å²) in [6, 6.07) is 15.0. The first-order valence-electron chi connectivity index (χ1n) is 10.1. The van der Waals surface area contributed by atoms with Crippen LogP contribution in [0, 0.1) is 44.8 Å². The fourth-order valence-corrected chi connectivity index (χ4v) is 2.89. The van der Waals surface area contributed by atoms with Crippen molar-refractivity contribution in [1.82, 2.24) is 0 Å². The van der Waals surface area contributed by atoms with E-state index in [-0.39, 0.29) is 22.0 Å². The normalized spacial score (nSPS) is 14.2. The molecule has 0 radical (unpaired) electrons. The average Bonchev–Trinajstić information content (AvgIpc) is 2.72. The standard InChI is InChI=1S/C27H27N3O/c1-26(2,3)23-14-19(15-24(31-23)27(4,5)6)12-13-21(16-28)25(22(17-29)18-30)20-10-8-7-9-11-20/h7-15H,1-6H3/b21-13+. The molecule has 0 saturated carbocycles. The first-order chi connectivity index (χ1) is 14.5. The Kier molecular flexibility index (Phi) is 7.07. The fraction of sp³-hybridized carbons (Fsp3) is 0.296. The van der Waals surface area contributed by atoms with Crippen LogP contribution in [0.4, 0.5) is 0 Å². The fourth-order valence-electron chi connectivity index (χ4n) is 2.89. The summed E-state index contributed by atoms with van der Waals surface area (Å²) >= 11 is 0. The number of hydrogen-bond acceptors (Lipinski definition) is 4. The number of nitrogens with zero attached hydrogens (tertiary/aromatic N) is 3. The van der Waals surface area contributed by atoms with Crippen LogP contribution in [0.15, 0.2) is 82.9 Å². The number of allylic oxidation sites excluding steroid dienone is 10. The van der Waals surface area contributed by atoms with Gasteiger partial charge in [-0.1, -0.05) is 78.0 Å². The molecule has 1 heterocycles. The zero-order valence-corrected chi connectivity index (χ0v) is 18.9. The highest BCUT2D eigenvalue weighted by Crippen LogP contribution is 2.39. The third-order valence-corrected chi connectivity index (χ3v) is 4.66. The van der Waals surface area contributed by atoms with Crippen molar-refractivity contribution in [1.29, 1.82) is 15.8 Å². The first-order valence-corrected chi connectivity index (χ1v) is 10.1. The Hall–Kier alpha value is -3.81. The molecule has 0 aromatic heterocycles. The number of hydrogen-bond donors (Lipinski definition) is 0. The van der Waals surface area contributed by atoms with Crippen LogP contribution in [-0.2, 0) is 4.74 Å². The third kappa shape index (κ3) is 5.85. The molecule has 0 fully saturated rings. The maximum Gasteiger partial charge on any atom is 0.138 e. The second kappa shape index (κ2) is 9.34. The van der Waals surface area contributed by atoms with E-state index in [9.17, 15) is 15.8 Å². The first kappa shape index (κ1) is 23.5.